The Bertz CT molecular complexity index is 527. The van der Waals surface area contributed by atoms with E-state index in [4.69, 9.17) is 4.74 Å². The number of aliphatic imine (C=N–C) groups is 1. The Kier molecular flexibility index (Phi) is 6.38. The molecule has 1 aromatic heterocycles. The monoisotopic (exact) mass is 300 g/mol. The molecule has 5 heteroatoms. The number of carbonyl (C=O) groups is 2. The molecule has 0 aliphatic carbocycles. The van der Waals surface area contributed by atoms with Crippen LogP contribution in [0.2, 0.25) is 0 Å². The van der Waals surface area contributed by atoms with E-state index in [9.17, 15) is 9.59 Å². The van der Waals surface area contributed by atoms with Crippen molar-refractivity contribution in [3.63, 3.8) is 0 Å². The van der Waals surface area contributed by atoms with Gasteiger partial charge in [0.25, 0.3) is 0 Å². The Morgan fingerprint density at radius 2 is 1.82 bits per heavy atom. The van der Waals surface area contributed by atoms with Crippen LogP contribution in [-0.4, -0.2) is 29.1 Å². The maximum absolute atomic E-state index is 11.9. The van der Waals surface area contributed by atoms with Crippen LogP contribution in [0.15, 0.2) is 60.0 Å². The molecule has 0 N–H and O–H groups in total. The highest BCUT2D eigenvalue weighted by atomic mass is 16.6. The first-order valence-corrected chi connectivity index (χ1v) is 6.83. The summed E-state index contributed by atoms with van der Waals surface area (Å²) in [7, 11) is 0. The largest absolute Gasteiger partial charge is 0.459 e. The molecule has 22 heavy (non-hydrogen) atoms. The molecule has 0 radical (unpaired) electrons. The predicted molar refractivity (Wildman–Crippen MR) is 85.4 cm³/mol. The third-order valence-corrected chi connectivity index (χ3v) is 2.46. The molecule has 0 aromatic carbocycles. The van der Waals surface area contributed by atoms with Crippen molar-refractivity contribution < 1.29 is 14.3 Å². The number of hydrogen-bond acceptors (Lipinski definition) is 5. The summed E-state index contributed by atoms with van der Waals surface area (Å²) < 4.78 is 5.19. The number of carbonyl (C=O) groups excluding carboxylic acids is 2. The molecule has 1 atom stereocenters. The van der Waals surface area contributed by atoms with Gasteiger partial charge in [0.1, 0.15) is 11.9 Å². The first kappa shape index (κ1) is 17.5. The normalized spacial score (nSPS) is 19.6. The minimum absolute atomic E-state index is 0.536. The molecule has 0 amide bonds. The number of pyridine rings is 1. The third kappa shape index (κ3) is 5.83. The number of rotatable bonds is 2. The summed E-state index contributed by atoms with van der Waals surface area (Å²) >= 11 is 0. The molecular weight excluding hydrogens is 280 g/mol. The second kappa shape index (κ2) is 8.02. The maximum atomic E-state index is 11.9. The minimum Gasteiger partial charge on any atom is -0.459 e. The topological polar surface area (TPSA) is 68.6 Å². The molecule has 0 spiro atoms. The molecule has 0 fully saturated rings. The zero-order chi connectivity index (χ0) is 16.5. The molecule has 0 bridgehead atoms. The van der Waals surface area contributed by atoms with E-state index in [0.717, 1.165) is 0 Å². The van der Waals surface area contributed by atoms with Gasteiger partial charge in [0.05, 0.1) is 0 Å². The first-order chi connectivity index (χ1) is 10.4. The lowest BCUT2D eigenvalue weighted by molar-refractivity contribution is -0.161. The average Bonchev–Trinajstić information content (AvgIpc) is 2.74. The smallest absolute Gasteiger partial charge is 0.329 e. The van der Waals surface area contributed by atoms with E-state index in [1.54, 1.807) is 45.3 Å². The van der Waals surface area contributed by atoms with E-state index in [0.29, 0.717) is 6.29 Å². The summed E-state index contributed by atoms with van der Waals surface area (Å²) in [5, 5.41) is 0. The lowest BCUT2D eigenvalue weighted by atomic mass is 9.91. The van der Waals surface area contributed by atoms with Crippen LogP contribution in [0.5, 0.6) is 0 Å². The van der Waals surface area contributed by atoms with Crippen molar-refractivity contribution in [1.29, 1.82) is 0 Å². The second-order valence-electron chi connectivity index (χ2n) is 5.56. The number of allylic oxidation sites excluding steroid dienone is 2. The van der Waals surface area contributed by atoms with Gasteiger partial charge in [0, 0.05) is 24.8 Å². The fourth-order valence-corrected chi connectivity index (χ4v) is 1.44. The summed E-state index contributed by atoms with van der Waals surface area (Å²) in [5.74, 6) is -0.612. The van der Waals surface area contributed by atoms with Gasteiger partial charge in [0.15, 0.2) is 5.41 Å². The van der Waals surface area contributed by atoms with Gasteiger partial charge >= 0.3 is 5.97 Å². The average molecular weight is 300 g/mol. The second-order valence-corrected chi connectivity index (χ2v) is 5.56. The van der Waals surface area contributed by atoms with E-state index < -0.39 is 17.0 Å². The molecule has 0 saturated carbocycles. The Hall–Kier alpha value is -2.56. The van der Waals surface area contributed by atoms with Crippen molar-refractivity contribution in [2.75, 3.05) is 0 Å². The molecule has 2 heterocycles. The van der Waals surface area contributed by atoms with Crippen molar-refractivity contribution in [1.82, 2.24) is 4.98 Å². The Morgan fingerprint density at radius 3 is 2.27 bits per heavy atom. The number of aromatic nitrogens is 1. The highest BCUT2D eigenvalue weighted by molar-refractivity contribution is 6.12. The van der Waals surface area contributed by atoms with Gasteiger partial charge in [0.2, 0.25) is 0 Å². The summed E-state index contributed by atoms with van der Waals surface area (Å²) in [6.45, 7) is 5.25. The van der Waals surface area contributed by atoms with Gasteiger partial charge < -0.3 is 9.53 Å². The van der Waals surface area contributed by atoms with E-state index in [1.165, 1.54) is 18.5 Å². The van der Waals surface area contributed by atoms with Gasteiger partial charge in [-0.05, 0) is 39.0 Å². The van der Waals surface area contributed by atoms with Crippen LogP contribution in [0.4, 0.5) is 0 Å². The summed E-state index contributed by atoms with van der Waals surface area (Å²) in [6.07, 6.45) is 11.5. The van der Waals surface area contributed by atoms with Crippen LogP contribution in [0.25, 0.3) is 0 Å². The maximum Gasteiger partial charge on any atom is 0.329 e. The Morgan fingerprint density at radius 1 is 1.14 bits per heavy atom. The van der Waals surface area contributed by atoms with Gasteiger partial charge in [-0.2, -0.15) is 0 Å². The van der Waals surface area contributed by atoms with Crippen molar-refractivity contribution in [2.45, 2.75) is 26.4 Å². The lowest BCUT2D eigenvalue weighted by Gasteiger charge is -2.25. The molecule has 116 valence electrons. The van der Waals surface area contributed by atoms with Crippen molar-refractivity contribution in [3.05, 3.63) is 55.0 Å². The van der Waals surface area contributed by atoms with Crippen LogP contribution in [0, 0.1) is 5.41 Å². The van der Waals surface area contributed by atoms with E-state index in [2.05, 4.69) is 9.98 Å². The first-order valence-electron chi connectivity index (χ1n) is 6.83. The Labute approximate surface area is 130 Å². The summed E-state index contributed by atoms with van der Waals surface area (Å²) in [5.41, 5.74) is -2.04. The predicted octanol–water partition coefficient (Wildman–Crippen LogP) is 2.75. The summed E-state index contributed by atoms with van der Waals surface area (Å²) in [4.78, 5) is 30.6. The van der Waals surface area contributed by atoms with Crippen molar-refractivity contribution >= 4 is 18.5 Å². The van der Waals surface area contributed by atoms with E-state index in [1.807, 2.05) is 18.2 Å². The molecule has 1 aliphatic rings. The van der Waals surface area contributed by atoms with Crippen molar-refractivity contribution in [2.24, 2.45) is 10.4 Å². The number of esters is 1. The molecule has 0 saturated heterocycles. The van der Waals surface area contributed by atoms with Crippen LogP contribution in [0.3, 0.4) is 0 Å². The van der Waals surface area contributed by atoms with E-state index >= 15 is 0 Å². The molecule has 1 unspecified atom stereocenters. The van der Waals surface area contributed by atoms with Gasteiger partial charge in [-0.1, -0.05) is 18.2 Å². The third-order valence-electron chi connectivity index (χ3n) is 2.46. The number of nitrogens with zero attached hydrogens (tertiary/aromatic N) is 2. The SMILES string of the molecule is CC(C)(C)OC(=O)C1(C=O)C=CC=CN=C1.c1ccncc1. The number of ether oxygens (including phenoxy) is 1. The molecule has 1 aromatic rings. The highest BCUT2D eigenvalue weighted by Gasteiger charge is 2.38. The van der Waals surface area contributed by atoms with Crippen LogP contribution in [-0.2, 0) is 14.3 Å². The van der Waals surface area contributed by atoms with Crippen LogP contribution >= 0.6 is 0 Å². The minimum atomic E-state index is -1.41. The van der Waals surface area contributed by atoms with Gasteiger partial charge in [-0.15, -0.1) is 0 Å². The standard InChI is InChI=1S/C12H15NO3.C5H5N/c1-11(2,3)16-10(15)12(9-14)6-4-5-7-13-8-12;1-2-4-6-5-3-1/h4-9H,1-3H3;1-5H. The van der Waals surface area contributed by atoms with Crippen LogP contribution in [0.1, 0.15) is 20.8 Å². The zero-order valence-electron chi connectivity index (χ0n) is 13.0. The van der Waals surface area contributed by atoms with Crippen LogP contribution < -0.4 is 0 Å². The molecule has 5 nitrogen and oxygen atoms in total. The summed E-state index contributed by atoms with van der Waals surface area (Å²) in [6, 6.07) is 5.72. The Balaban J connectivity index is 0.000000335. The van der Waals surface area contributed by atoms with Crippen molar-refractivity contribution in [3.8, 4) is 0 Å². The fourth-order valence-electron chi connectivity index (χ4n) is 1.44. The molecule has 2 rings (SSSR count). The van der Waals surface area contributed by atoms with Gasteiger partial charge in [-0.25, -0.2) is 0 Å². The fraction of sp³-hybridized carbons (Fsp3) is 0.294. The quantitative estimate of drug-likeness (QED) is 0.478. The number of hydrogen-bond donors (Lipinski definition) is 0. The van der Waals surface area contributed by atoms with E-state index in [-0.39, 0.29) is 0 Å². The zero-order valence-corrected chi connectivity index (χ0v) is 13.0. The lowest BCUT2D eigenvalue weighted by Crippen LogP contribution is -2.38. The molecular formula is C17H20N2O3. The number of aldehydes is 1. The highest BCUT2D eigenvalue weighted by Crippen LogP contribution is 2.21. The molecule has 1 aliphatic heterocycles. The van der Waals surface area contributed by atoms with Gasteiger partial charge in [-0.3, -0.25) is 14.8 Å².